The molecule has 1 N–H and O–H groups in total. The fourth-order valence-electron chi connectivity index (χ4n) is 3.83. The Kier molecular flexibility index (Phi) is 11.7. The van der Waals surface area contributed by atoms with Gasteiger partial charge in [0.1, 0.15) is 11.9 Å². The number of hydrogen-bond donors (Lipinski definition) is 1. The van der Waals surface area contributed by atoms with Crippen molar-refractivity contribution in [3.8, 4) is 0 Å². The molecule has 37 heavy (non-hydrogen) atoms. The Hall–Kier alpha value is -2.36. The van der Waals surface area contributed by atoms with Gasteiger partial charge in [-0.3, -0.25) is 13.9 Å². The summed E-state index contributed by atoms with van der Waals surface area (Å²) in [7, 11) is -3.80. The summed E-state index contributed by atoms with van der Waals surface area (Å²) < 4.78 is 40.0. The monoisotopic (exact) mass is 573 g/mol. The lowest BCUT2D eigenvalue weighted by atomic mass is 10.1. The molecule has 1 atom stereocenters. The van der Waals surface area contributed by atoms with E-state index in [9.17, 15) is 22.4 Å². The number of benzene rings is 2. The number of nitrogens with one attached hydrogen (secondary N) is 1. The van der Waals surface area contributed by atoms with Crippen molar-refractivity contribution < 1.29 is 22.4 Å². The summed E-state index contributed by atoms with van der Waals surface area (Å²) in [5.74, 6) is -1.12. The minimum absolute atomic E-state index is 0.00799. The van der Waals surface area contributed by atoms with Crippen molar-refractivity contribution in [3.05, 3.63) is 63.9 Å². The number of para-hydroxylation sites is 1. The smallest absolute Gasteiger partial charge is 0.242 e. The van der Waals surface area contributed by atoms with Crippen LogP contribution in [0, 0.1) is 11.7 Å². The van der Waals surface area contributed by atoms with Crippen LogP contribution >= 0.6 is 23.2 Å². The molecule has 0 saturated carbocycles. The molecule has 7 nitrogen and oxygen atoms in total. The molecule has 0 radical (unpaired) electrons. The maximum Gasteiger partial charge on any atom is 0.242 e. The molecule has 0 aliphatic carbocycles. The number of sulfonamides is 1. The maximum absolute atomic E-state index is 14.3. The number of rotatable bonds is 13. The van der Waals surface area contributed by atoms with E-state index in [-0.39, 0.29) is 49.4 Å². The van der Waals surface area contributed by atoms with Crippen LogP contribution in [0.1, 0.15) is 45.6 Å². The lowest BCUT2D eigenvalue weighted by molar-refractivity contribution is -0.141. The highest BCUT2D eigenvalue weighted by atomic mass is 35.5. The molecule has 0 spiro atoms. The maximum atomic E-state index is 14.3. The Morgan fingerprint density at radius 3 is 2.22 bits per heavy atom. The topological polar surface area (TPSA) is 86.8 Å². The first-order valence-corrected chi connectivity index (χ1v) is 14.7. The largest absolute Gasteiger partial charge is 0.354 e. The number of carbonyl (C=O) groups excluding carboxylic acids is 2. The second-order valence-corrected chi connectivity index (χ2v) is 11.9. The zero-order valence-corrected chi connectivity index (χ0v) is 23.8. The summed E-state index contributed by atoms with van der Waals surface area (Å²) >= 11 is 12.7. The van der Waals surface area contributed by atoms with E-state index in [2.05, 4.69) is 5.32 Å². The fourth-order valence-corrected chi connectivity index (χ4v) is 5.32. The summed E-state index contributed by atoms with van der Waals surface area (Å²) in [4.78, 5) is 27.9. The predicted molar refractivity (Wildman–Crippen MR) is 147 cm³/mol. The zero-order valence-electron chi connectivity index (χ0n) is 21.5. The number of anilines is 1. The summed E-state index contributed by atoms with van der Waals surface area (Å²) in [5, 5.41) is 3.61. The van der Waals surface area contributed by atoms with E-state index >= 15 is 0 Å². The Morgan fingerprint density at radius 2 is 1.68 bits per heavy atom. The third-order valence-electron chi connectivity index (χ3n) is 5.73. The molecule has 2 rings (SSSR count). The predicted octanol–water partition coefficient (Wildman–Crippen LogP) is 5.26. The van der Waals surface area contributed by atoms with E-state index in [1.165, 1.54) is 23.1 Å². The number of halogens is 3. The highest BCUT2D eigenvalue weighted by molar-refractivity contribution is 7.92. The number of carbonyl (C=O) groups is 2. The second kappa shape index (κ2) is 14.0. The molecule has 2 amide bonds. The van der Waals surface area contributed by atoms with Crippen LogP contribution in [0.25, 0.3) is 0 Å². The van der Waals surface area contributed by atoms with E-state index in [1.54, 1.807) is 31.2 Å². The Labute approximate surface area is 229 Å². The van der Waals surface area contributed by atoms with Crippen LogP contribution in [-0.2, 0) is 26.2 Å². The highest BCUT2D eigenvalue weighted by Gasteiger charge is 2.30. The molecule has 2 aromatic rings. The lowest BCUT2D eigenvalue weighted by Crippen LogP contribution is -2.49. The van der Waals surface area contributed by atoms with E-state index in [1.807, 2.05) is 13.8 Å². The van der Waals surface area contributed by atoms with Crippen LogP contribution in [0.3, 0.4) is 0 Å². The standard InChI is InChI=1S/C26H34Cl2FN3O4S/c1-5-23(26(34)30-16-18(2)3)31(17-19-20(27)10-8-11-21(19)28)25(33)14-9-15-32(37(4,35)36)24-13-7-6-12-22(24)29/h6-8,10-13,18,23H,5,9,14-17H2,1-4H3,(H,30,34)/t23-/m0/s1. The molecule has 0 aliphatic heterocycles. The molecule has 0 saturated heterocycles. The van der Waals surface area contributed by atoms with E-state index in [0.717, 1.165) is 10.6 Å². The van der Waals surface area contributed by atoms with Crippen molar-refractivity contribution in [2.45, 2.75) is 52.6 Å². The minimum atomic E-state index is -3.80. The van der Waals surface area contributed by atoms with Crippen LogP contribution in [0.4, 0.5) is 10.1 Å². The van der Waals surface area contributed by atoms with Crippen molar-refractivity contribution in [2.75, 3.05) is 23.7 Å². The van der Waals surface area contributed by atoms with Gasteiger partial charge in [0.05, 0.1) is 11.9 Å². The van der Waals surface area contributed by atoms with Gasteiger partial charge in [0.25, 0.3) is 0 Å². The SMILES string of the molecule is CC[C@@H](C(=O)NCC(C)C)N(Cc1c(Cl)cccc1Cl)C(=O)CCCN(c1ccccc1F)S(C)(=O)=O. The van der Waals surface area contributed by atoms with Crippen LogP contribution in [0.15, 0.2) is 42.5 Å². The van der Waals surface area contributed by atoms with E-state index in [4.69, 9.17) is 23.2 Å². The van der Waals surface area contributed by atoms with Gasteiger partial charge in [-0.1, -0.05) is 62.2 Å². The molecular formula is C26H34Cl2FN3O4S. The van der Waals surface area contributed by atoms with E-state index < -0.39 is 21.9 Å². The van der Waals surface area contributed by atoms with Crippen molar-refractivity contribution in [1.82, 2.24) is 10.2 Å². The summed E-state index contributed by atoms with van der Waals surface area (Å²) in [6, 6.07) is 9.78. The second-order valence-electron chi connectivity index (χ2n) is 9.17. The highest BCUT2D eigenvalue weighted by Crippen LogP contribution is 2.28. The zero-order chi connectivity index (χ0) is 27.8. The van der Waals surface area contributed by atoms with Gasteiger partial charge in [0, 0.05) is 41.7 Å². The van der Waals surface area contributed by atoms with E-state index in [0.29, 0.717) is 28.6 Å². The minimum Gasteiger partial charge on any atom is -0.354 e. The Bertz CT molecular complexity index is 1170. The lowest BCUT2D eigenvalue weighted by Gasteiger charge is -2.32. The molecule has 0 aromatic heterocycles. The summed E-state index contributed by atoms with van der Waals surface area (Å²) in [5.41, 5.74) is 0.426. The molecule has 0 fully saturated rings. The molecular weight excluding hydrogens is 540 g/mol. The van der Waals surface area contributed by atoms with Crippen LogP contribution in [-0.4, -0.2) is 50.5 Å². The third-order valence-corrected chi connectivity index (χ3v) is 7.62. The first-order chi connectivity index (χ1) is 17.4. The van der Waals surface area contributed by atoms with Crippen molar-refractivity contribution >= 4 is 50.7 Å². The van der Waals surface area contributed by atoms with Gasteiger partial charge in [-0.05, 0) is 43.0 Å². The Balaban J connectivity index is 2.28. The van der Waals surface area contributed by atoms with Crippen molar-refractivity contribution in [1.29, 1.82) is 0 Å². The fraction of sp³-hybridized carbons (Fsp3) is 0.462. The molecule has 0 heterocycles. The first-order valence-electron chi connectivity index (χ1n) is 12.1. The third kappa shape index (κ3) is 8.86. The van der Waals surface area contributed by atoms with Gasteiger partial charge < -0.3 is 10.2 Å². The normalized spacial score (nSPS) is 12.3. The average molecular weight is 575 g/mol. The molecule has 204 valence electrons. The quantitative estimate of drug-likeness (QED) is 0.354. The average Bonchev–Trinajstić information content (AvgIpc) is 2.82. The van der Waals surface area contributed by atoms with Crippen LogP contribution in [0.2, 0.25) is 10.0 Å². The van der Waals surface area contributed by atoms with Crippen molar-refractivity contribution in [3.63, 3.8) is 0 Å². The summed E-state index contributed by atoms with van der Waals surface area (Å²) in [6.07, 6.45) is 1.37. The molecule has 11 heteroatoms. The molecule has 0 unspecified atom stereocenters. The van der Waals surface area contributed by atoms with Gasteiger partial charge >= 0.3 is 0 Å². The number of hydrogen-bond acceptors (Lipinski definition) is 4. The number of nitrogens with zero attached hydrogens (tertiary/aromatic N) is 2. The van der Waals surface area contributed by atoms with Crippen molar-refractivity contribution in [2.24, 2.45) is 5.92 Å². The van der Waals surface area contributed by atoms with Crippen LogP contribution in [0.5, 0.6) is 0 Å². The Morgan fingerprint density at radius 1 is 1.05 bits per heavy atom. The van der Waals surface area contributed by atoms with Gasteiger partial charge in [-0.2, -0.15) is 0 Å². The molecule has 0 aliphatic rings. The summed E-state index contributed by atoms with van der Waals surface area (Å²) in [6.45, 7) is 6.10. The van der Waals surface area contributed by atoms with Gasteiger partial charge in [0.15, 0.2) is 0 Å². The molecule has 2 aromatic carbocycles. The first kappa shape index (κ1) is 30.9. The van der Waals surface area contributed by atoms with Gasteiger partial charge in [-0.25, -0.2) is 12.8 Å². The van der Waals surface area contributed by atoms with Crippen LogP contribution < -0.4 is 9.62 Å². The molecule has 0 bridgehead atoms. The van der Waals surface area contributed by atoms with Gasteiger partial charge in [-0.15, -0.1) is 0 Å². The number of amides is 2. The van der Waals surface area contributed by atoms with Gasteiger partial charge in [0.2, 0.25) is 21.8 Å².